The molecule has 1 aliphatic rings. The van der Waals surface area contributed by atoms with Crippen LogP contribution in [0.3, 0.4) is 0 Å². The second-order valence-electron chi connectivity index (χ2n) is 8.32. The third kappa shape index (κ3) is 5.17. The van der Waals surface area contributed by atoms with E-state index in [1.54, 1.807) is 13.3 Å². The number of nitrogens with one attached hydrogen (secondary N) is 1. The van der Waals surface area contributed by atoms with Gasteiger partial charge in [-0.3, -0.25) is 9.59 Å². The third-order valence-corrected chi connectivity index (χ3v) is 6.03. The molecule has 0 unspecified atom stereocenters. The molecular formula is C25H31N5O3. The lowest BCUT2D eigenvalue weighted by Gasteiger charge is -2.28. The van der Waals surface area contributed by atoms with Crippen molar-refractivity contribution in [2.24, 2.45) is 0 Å². The molecule has 4 rings (SSSR count). The predicted molar refractivity (Wildman–Crippen MR) is 126 cm³/mol. The lowest BCUT2D eigenvalue weighted by atomic mass is 10.2. The third-order valence-electron chi connectivity index (χ3n) is 6.03. The van der Waals surface area contributed by atoms with E-state index in [1.165, 1.54) is 0 Å². The predicted octanol–water partition coefficient (Wildman–Crippen LogP) is 3.36. The minimum atomic E-state index is -0.0326. The van der Waals surface area contributed by atoms with Crippen LogP contribution >= 0.6 is 0 Å². The van der Waals surface area contributed by atoms with Crippen molar-refractivity contribution in [3.63, 3.8) is 0 Å². The largest absolute Gasteiger partial charge is 0.384 e. The molecule has 1 saturated heterocycles. The molecule has 1 aromatic carbocycles. The monoisotopic (exact) mass is 449 g/mol. The molecule has 2 amide bonds. The van der Waals surface area contributed by atoms with Gasteiger partial charge in [-0.2, -0.15) is 5.10 Å². The molecule has 0 aliphatic carbocycles. The summed E-state index contributed by atoms with van der Waals surface area (Å²) in [5, 5.41) is 4.45. The molecule has 1 atom stereocenters. The normalized spacial score (nSPS) is 15.7. The van der Waals surface area contributed by atoms with Crippen molar-refractivity contribution in [3.8, 4) is 16.9 Å². The van der Waals surface area contributed by atoms with Gasteiger partial charge in [0.2, 0.25) is 5.91 Å². The maximum Gasteiger partial charge on any atom is 0.270 e. The van der Waals surface area contributed by atoms with Crippen molar-refractivity contribution in [1.29, 1.82) is 0 Å². The first-order chi connectivity index (χ1) is 16.1. The summed E-state index contributed by atoms with van der Waals surface area (Å²) in [6.07, 6.45) is 5.76. The Morgan fingerprint density at radius 1 is 1.21 bits per heavy atom. The lowest BCUT2D eigenvalue weighted by molar-refractivity contribution is -0.131. The smallest absolute Gasteiger partial charge is 0.270 e. The minimum Gasteiger partial charge on any atom is -0.384 e. The molecule has 1 fully saturated rings. The number of H-pyrrole nitrogens is 1. The number of aromatic nitrogens is 3. The molecule has 1 aliphatic heterocycles. The van der Waals surface area contributed by atoms with Gasteiger partial charge in [0.05, 0.1) is 31.0 Å². The number of benzene rings is 1. The Kier molecular flexibility index (Phi) is 7.24. The average molecular weight is 450 g/mol. The molecule has 0 bridgehead atoms. The Labute approximate surface area is 194 Å². The Hall–Kier alpha value is -3.39. The fourth-order valence-corrected chi connectivity index (χ4v) is 4.29. The number of aromatic amines is 1. The van der Waals surface area contributed by atoms with Gasteiger partial charge in [0.25, 0.3) is 5.91 Å². The topological polar surface area (TPSA) is 83.5 Å². The van der Waals surface area contributed by atoms with Crippen molar-refractivity contribution in [2.45, 2.75) is 32.2 Å². The minimum absolute atomic E-state index is 0.0246. The van der Waals surface area contributed by atoms with Gasteiger partial charge in [-0.1, -0.05) is 25.1 Å². The molecule has 2 aromatic heterocycles. The van der Waals surface area contributed by atoms with Crippen molar-refractivity contribution >= 4 is 11.8 Å². The van der Waals surface area contributed by atoms with Gasteiger partial charge in [-0.15, -0.1) is 0 Å². The number of hydrogen-bond donors (Lipinski definition) is 1. The number of hydrogen-bond acceptors (Lipinski definition) is 4. The highest BCUT2D eigenvalue weighted by Gasteiger charge is 2.33. The summed E-state index contributed by atoms with van der Waals surface area (Å²) in [4.78, 5) is 32.8. The van der Waals surface area contributed by atoms with Gasteiger partial charge in [0.1, 0.15) is 5.69 Å². The second-order valence-corrected chi connectivity index (χ2v) is 8.32. The number of nitrogens with zero attached hydrogens (tertiary/aromatic N) is 4. The summed E-state index contributed by atoms with van der Waals surface area (Å²) < 4.78 is 6.84. The fourth-order valence-electron chi connectivity index (χ4n) is 4.29. The maximum atomic E-state index is 13.4. The van der Waals surface area contributed by atoms with Crippen LogP contribution in [-0.4, -0.2) is 75.8 Å². The average Bonchev–Trinajstić information content (AvgIpc) is 3.61. The summed E-state index contributed by atoms with van der Waals surface area (Å²) in [6, 6.07) is 13.7. The molecule has 3 aromatic rings. The first-order valence-electron chi connectivity index (χ1n) is 11.5. The highest BCUT2D eigenvalue weighted by atomic mass is 16.5. The van der Waals surface area contributed by atoms with Crippen LogP contribution in [0.4, 0.5) is 0 Å². The molecule has 8 heteroatoms. The van der Waals surface area contributed by atoms with E-state index in [1.807, 2.05) is 63.1 Å². The zero-order valence-electron chi connectivity index (χ0n) is 19.2. The molecule has 0 spiro atoms. The Morgan fingerprint density at radius 2 is 2.03 bits per heavy atom. The van der Waals surface area contributed by atoms with Crippen molar-refractivity contribution in [3.05, 3.63) is 60.6 Å². The Balaban J connectivity index is 1.46. The zero-order chi connectivity index (χ0) is 23.2. The summed E-state index contributed by atoms with van der Waals surface area (Å²) in [5.41, 5.74) is 3.29. The van der Waals surface area contributed by atoms with E-state index in [-0.39, 0.29) is 17.9 Å². The highest BCUT2D eigenvalue weighted by Crippen LogP contribution is 2.23. The van der Waals surface area contributed by atoms with Crippen LogP contribution in [0.15, 0.2) is 54.9 Å². The van der Waals surface area contributed by atoms with Crippen LogP contribution in [0.5, 0.6) is 0 Å². The second kappa shape index (κ2) is 10.5. The molecule has 3 heterocycles. The van der Waals surface area contributed by atoms with Crippen LogP contribution in [0, 0.1) is 0 Å². The van der Waals surface area contributed by atoms with E-state index in [0.717, 1.165) is 29.8 Å². The number of carbonyl (C=O) groups excluding carboxylic acids is 2. The van der Waals surface area contributed by atoms with E-state index in [4.69, 9.17) is 4.74 Å². The van der Waals surface area contributed by atoms with Crippen LogP contribution < -0.4 is 0 Å². The highest BCUT2D eigenvalue weighted by molar-refractivity contribution is 5.93. The van der Waals surface area contributed by atoms with Gasteiger partial charge in [-0.05, 0) is 37.1 Å². The van der Waals surface area contributed by atoms with Crippen molar-refractivity contribution in [2.75, 3.05) is 33.4 Å². The van der Waals surface area contributed by atoms with E-state index < -0.39 is 0 Å². The van der Waals surface area contributed by atoms with E-state index >= 15 is 0 Å². The Morgan fingerprint density at radius 3 is 2.79 bits per heavy atom. The Bertz CT molecular complexity index is 1070. The molecule has 1 N–H and O–H groups in total. The molecular weight excluding hydrogens is 418 g/mol. The molecule has 8 nitrogen and oxygen atoms in total. The number of likely N-dealkylation sites (tertiary alicyclic amines) is 1. The molecule has 174 valence electrons. The fraction of sp³-hybridized carbons (Fsp3) is 0.400. The number of para-hydroxylation sites is 1. The number of rotatable bonds is 9. The van der Waals surface area contributed by atoms with Crippen molar-refractivity contribution < 1.29 is 14.3 Å². The van der Waals surface area contributed by atoms with E-state index in [2.05, 4.69) is 17.0 Å². The van der Waals surface area contributed by atoms with Crippen LogP contribution in [0.2, 0.25) is 0 Å². The number of ether oxygens (including phenoxy) is 1. The quantitative estimate of drug-likeness (QED) is 0.543. The van der Waals surface area contributed by atoms with Gasteiger partial charge in [0, 0.05) is 44.2 Å². The zero-order valence-corrected chi connectivity index (χ0v) is 19.2. The molecule has 33 heavy (non-hydrogen) atoms. The van der Waals surface area contributed by atoms with Gasteiger partial charge in [-0.25, -0.2) is 4.68 Å². The van der Waals surface area contributed by atoms with Crippen LogP contribution in [0.25, 0.3) is 16.9 Å². The summed E-state index contributed by atoms with van der Waals surface area (Å²) in [7, 11) is 1.60. The number of methoxy groups -OCH3 is 1. The first-order valence-corrected chi connectivity index (χ1v) is 11.5. The van der Waals surface area contributed by atoms with Gasteiger partial charge in [0.15, 0.2) is 0 Å². The number of amides is 2. The van der Waals surface area contributed by atoms with Crippen LogP contribution in [0.1, 0.15) is 36.7 Å². The standard InChI is InChI=1S/C25H31N5O3/c1-3-13-29(21-11-14-28(18-21)24(31)12-15-33-2)25(32)23-10-9-22(27-23)19-16-26-30(17-19)20-7-5-4-6-8-20/h4-10,16-17,21,27H,3,11-15,18H2,1-2H3/t21-/m1/s1. The maximum absolute atomic E-state index is 13.4. The van der Waals surface area contributed by atoms with Gasteiger partial charge < -0.3 is 19.5 Å². The van der Waals surface area contributed by atoms with E-state index in [9.17, 15) is 9.59 Å². The molecule has 0 radical (unpaired) electrons. The lowest BCUT2D eigenvalue weighted by Crippen LogP contribution is -2.43. The summed E-state index contributed by atoms with van der Waals surface area (Å²) in [5.74, 6) is 0.0515. The molecule has 0 saturated carbocycles. The SMILES string of the molecule is CCCN(C(=O)c1ccc(-c2cnn(-c3ccccc3)c2)[nH]1)[C@@H]1CCN(C(=O)CCOC)C1. The summed E-state index contributed by atoms with van der Waals surface area (Å²) >= 11 is 0. The van der Waals surface area contributed by atoms with E-state index in [0.29, 0.717) is 38.4 Å². The number of carbonyl (C=O) groups is 2. The van der Waals surface area contributed by atoms with Gasteiger partial charge >= 0.3 is 0 Å². The van der Waals surface area contributed by atoms with Crippen molar-refractivity contribution in [1.82, 2.24) is 24.6 Å². The first kappa shape index (κ1) is 22.8. The van der Waals surface area contributed by atoms with Crippen LogP contribution in [-0.2, 0) is 9.53 Å². The summed E-state index contributed by atoms with van der Waals surface area (Å²) in [6.45, 7) is 4.39.